The monoisotopic (exact) mass is 466 g/mol. The van der Waals surface area contributed by atoms with E-state index in [9.17, 15) is 14.7 Å². The van der Waals surface area contributed by atoms with Gasteiger partial charge in [0.05, 0.1) is 33.3 Å². The first kappa shape index (κ1) is 21.3. The number of ether oxygens (including phenoxy) is 1. The van der Waals surface area contributed by atoms with Crippen LogP contribution in [0.2, 0.25) is 10.0 Å². The molecule has 2 atom stereocenters. The van der Waals surface area contributed by atoms with Crippen molar-refractivity contribution in [2.24, 2.45) is 0 Å². The van der Waals surface area contributed by atoms with Gasteiger partial charge in [-0.3, -0.25) is 9.59 Å². The topological polar surface area (TPSA) is 79.7 Å². The number of carbonyl (C=O) groups excluding carboxylic acids is 2. The second-order valence-electron chi connectivity index (χ2n) is 7.37. The van der Waals surface area contributed by atoms with E-state index in [1.54, 1.807) is 32.0 Å². The van der Waals surface area contributed by atoms with Crippen LogP contribution in [0.15, 0.2) is 29.5 Å². The number of amides is 1. The highest BCUT2D eigenvalue weighted by molar-refractivity contribution is 7.14. The smallest absolute Gasteiger partial charge is 0.290 e. The number of Topliss-reactive ketones (excluding diaryl/α,β-unsaturated/α-hetero) is 1. The minimum Gasteiger partial charge on any atom is -0.503 e. The highest BCUT2D eigenvalue weighted by atomic mass is 35.5. The van der Waals surface area contributed by atoms with Crippen molar-refractivity contribution in [2.45, 2.75) is 38.8 Å². The van der Waals surface area contributed by atoms with Gasteiger partial charge in [-0.1, -0.05) is 29.3 Å². The second kappa shape index (κ2) is 8.30. The molecule has 1 N–H and O–H groups in total. The summed E-state index contributed by atoms with van der Waals surface area (Å²) in [5.74, 6) is -1.65. The molecule has 9 heteroatoms. The number of hydrogen-bond acceptors (Lipinski definition) is 6. The lowest BCUT2D eigenvalue weighted by Crippen LogP contribution is -2.37. The molecule has 1 aromatic carbocycles. The number of rotatable bonds is 5. The number of aryl methyl sites for hydroxylation is 2. The molecule has 0 radical (unpaired) electrons. The minimum absolute atomic E-state index is 0.0280. The molecular weight excluding hydrogens is 447 g/mol. The SMILES string of the molecule is Cc1nc(C)c(C(=O)C2=C(O)C(=O)N(CC3CCCO3)C2c2c(Cl)cccc2Cl)s1. The van der Waals surface area contributed by atoms with E-state index in [1.165, 1.54) is 16.2 Å². The predicted molar refractivity (Wildman–Crippen MR) is 115 cm³/mol. The summed E-state index contributed by atoms with van der Waals surface area (Å²) in [5.41, 5.74) is 0.940. The molecule has 1 saturated heterocycles. The van der Waals surface area contributed by atoms with Gasteiger partial charge < -0.3 is 14.7 Å². The van der Waals surface area contributed by atoms with Gasteiger partial charge in [0.25, 0.3) is 5.91 Å². The maximum atomic E-state index is 13.5. The summed E-state index contributed by atoms with van der Waals surface area (Å²) in [7, 11) is 0. The third kappa shape index (κ3) is 3.64. The standard InChI is InChI=1S/C21H20Cl2N2O4S/c1-10-20(30-11(2)24-10)18(26)16-17(15-13(22)6-3-7-14(15)23)25(21(28)19(16)27)9-12-5-4-8-29-12/h3,6-7,12,17,27H,4-5,8-9H2,1-2H3. The molecule has 1 amide bonds. The van der Waals surface area contributed by atoms with Gasteiger partial charge in [0.2, 0.25) is 5.78 Å². The molecule has 0 saturated carbocycles. The summed E-state index contributed by atoms with van der Waals surface area (Å²) in [6.45, 7) is 4.38. The Morgan fingerprint density at radius 3 is 2.60 bits per heavy atom. The van der Waals surface area contributed by atoms with Gasteiger partial charge in [-0.05, 0) is 38.8 Å². The molecule has 1 fully saturated rings. The number of thiazole rings is 1. The summed E-state index contributed by atoms with van der Waals surface area (Å²) in [6.07, 6.45) is 1.52. The number of aromatic nitrogens is 1. The van der Waals surface area contributed by atoms with Crippen molar-refractivity contribution in [3.63, 3.8) is 0 Å². The molecule has 158 valence electrons. The van der Waals surface area contributed by atoms with E-state index in [-0.39, 0.29) is 18.2 Å². The van der Waals surface area contributed by atoms with Crippen LogP contribution in [-0.4, -0.2) is 45.9 Å². The van der Waals surface area contributed by atoms with Crippen LogP contribution in [0.4, 0.5) is 0 Å². The molecule has 1 aromatic heterocycles. The van der Waals surface area contributed by atoms with Gasteiger partial charge in [-0.2, -0.15) is 0 Å². The van der Waals surface area contributed by atoms with Gasteiger partial charge in [0.15, 0.2) is 5.76 Å². The van der Waals surface area contributed by atoms with E-state index in [2.05, 4.69) is 4.98 Å². The van der Waals surface area contributed by atoms with Gasteiger partial charge in [0, 0.05) is 28.8 Å². The van der Waals surface area contributed by atoms with E-state index in [0.29, 0.717) is 32.8 Å². The van der Waals surface area contributed by atoms with Crippen molar-refractivity contribution < 1.29 is 19.4 Å². The molecule has 2 aromatic rings. The average molecular weight is 467 g/mol. The summed E-state index contributed by atoms with van der Waals surface area (Å²) in [6, 6.07) is 4.09. The van der Waals surface area contributed by atoms with E-state index in [0.717, 1.165) is 17.8 Å². The number of benzene rings is 1. The Bertz CT molecular complexity index is 1040. The first-order valence-electron chi connectivity index (χ1n) is 9.58. The molecule has 0 spiro atoms. The van der Waals surface area contributed by atoms with Gasteiger partial charge in [0.1, 0.15) is 0 Å². The van der Waals surface area contributed by atoms with Crippen LogP contribution in [0, 0.1) is 13.8 Å². The Morgan fingerprint density at radius 2 is 2.03 bits per heavy atom. The normalized spacial score (nSPS) is 21.7. The lowest BCUT2D eigenvalue weighted by atomic mass is 9.94. The summed E-state index contributed by atoms with van der Waals surface area (Å²) in [4.78, 5) is 32.7. The Balaban J connectivity index is 1.84. The molecule has 6 nitrogen and oxygen atoms in total. The number of halogens is 2. The zero-order valence-electron chi connectivity index (χ0n) is 16.4. The van der Waals surface area contributed by atoms with Crippen molar-refractivity contribution in [1.29, 1.82) is 0 Å². The van der Waals surface area contributed by atoms with Crippen molar-refractivity contribution in [1.82, 2.24) is 9.88 Å². The fraction of sp³-hybridized carbons (Fsp3) is 0.381. The molecule has 2 unspecified atom stereocenters. The highest BCUT2D eigenvalue weighted by Crippen LogP contribution is 2.45. The molecular formula is C21H20Cl2N2O4S. The van der Waals surface area contributed by atoms with E-state index < -0.39 is 23.5 Å². The Labute approximate surface area is 188 Å². The van der Waals surface area contributed by atoms with E-state index in [1.807, 2.05) is 0 Å². The maximum absolute atomic E-state index is 13.5. The second-order valence-corrected chi connectivity index (χ2v) is 9.39. The molecule has 4 rings (SSSR count). The van der Waals surface area contributed by atoms with Crippen LogP contribution >= 0.6 is 34.5 Å². The number of aliphatic hydroxyl groups excluding tert-OH is 1. The van der Waals surface area contributed by atoms with Crippen LogP contribution in [-0.2, 0) is 9.53 Å². The molecule has 30 heavy (non-hydrogen) atoms. The van der Waals surface area contributed by atoms with Crippen molar-refractivity contribution in [2.75, 3.05) is 13.2 Å². The fourth-order valence-corrected chi connectivity index (χ4v) is 5.50. The van der Waals surface area contributed by atoms with E-state index >= 15 is 0 Å². The van der Waals surface area contributed by atoms with Gasteiger partial charge in [-0.25, -0.2) is 4.98 Å². The number of nitrogens with zero attached hydrogens (tertiary/aromatic N) is 2. The summed E-state index contributed by atoms with van der Waals surface area (Å²) < 4.78 is 5.69. The zero-order valence-corrected chi connectivity index (χ0v) is 18.8. The maximum Gasteiger partial charge on any atom is 0.290 e. The van der Waals surface area contributed by atoms with Crippen LogP contribution in [0.1, 0.15) is 44.8 Å². The Hall–Kier alpha value is -1.93. The fourth-order valence-electron chi connectivity index (χ4n) is 4.02. The van der Waals surface area contributed by atoms with Crippen molar-refractivity contribution >= 4 is 46.2 Å². The summed E-state index contributed by atoms with van der Waals surface area (Å²) >= 11 is 14.1. The van der Waals surface area contributed by atoms with Crippen LogP contribution < -0.4 is 0 Å². The largest absolute Gasteiger partial charge is 0.503 e. The molecule has 0 aliphatic carbocycles. The third-order valence-corrected chi connectivity index (χ3v) is 7.09. The molecule has 2 aliphatic heterocycles. The first-order valence-corrected chi connectivity index (χ1v) is 11.1. The average Bonchev–Trinajstić information content (AvgIpc) is 3.38. The van der Waals surface area contributed by atoms with Crippen LogP contribution in [0.25, 0.3) is 0 Å². The third-order valence-electron chi connectivity index (χ3n) is 5.36. The predicted octanol–water partition coefficient (Wildman–Crippen LogP) is 4.82. The minimum atomic E-state index is -0.905. The zero-order chi connectivity index (χ0) is 21.6. The number of carbonyl (C=O) groups is 2. The van der Waals surface area contributed by atoms with Gasteiger partial charge in [-0.15, -0.1) is 11.3 Å². The lowest BCUT2D eigenvalue weighted by Gasteiger charge is -2.30. The van der Waals surface area contributed by atoms with Crippen molar-refractivity contribution in [3.05, 3.63) is 60.7 Å². The molecule has 3 heterocycles. The number of ketones is 1. The molecule has 2 aliphatic rings. The Kier molecular flexibility index (Phi) is 5.90. The molecule has 0 bridgehead atoms. The van der Waals surface area contributed by atoms with Crippen LogP contribution in [0.5, 0.6) is 0 Å². The number of aliphatic hydroxyl groups is 1. The Morgan fingerprint density at radius 1 is 1.33 bits per heavy atom. The lowest BCUT2D eigenvalue weighted by molar-refractivity contribution is -0.131. The van der Waals surface area contributed by atoms with Crippen molar-refractivity contribution in [3.8, 4) is 0 Å². The van der Waals surface area contributed by atoms with Crippen LogP contribution in [0.3, 0.4) is 0 Å². The quantitative estimate of drug-likeness (QED) is 0.638. The first-order chi connectivity index (χ1) is 14.3. The van der Waals surface area contributed by atoms with Gasteiger partial charge >= 0.3 is 0 Å². The number of hydrogen-bond donors (Lipinski definition) is 1. The highest BCUT2D eigenvalue weighted by Gasteiger charge is 2.46. The van der Waals surface area contributed by atoms with E-state index in [4.69, 9.17) is 27.9 Å². The summed E-state index contributed by atoms with van der Waals surface area (Å²) in [5, 5.41) is 12.1.